The van der Waals surface area contributed by atoms with Crippen molar-refractivity contribution in [3.63, 3.8) is 0 Å². The monoisotopic (exact) mass is 547 g/mol. The van der Waals surface area contributed by atoms with Crippen molar-refractivity contribution in [3.05, 3.63) is 46.7 Å². The van der Waals surface area contributed by atoms with Gasteiger partial charge < -0.3 is 20.3 Å². The summed E-state index contributed by atoms with van der Waals surface area (Å²) >= 11 is 1.19. The molecule has 11 heteroatoms. The Hall–Kier alpha value is -3.43. The first-order valence-electron chi connectivity index (χ1n) is 13.1. The molecule has 2 aromatic carbocycles. The highest BCUT2D eigenvalue weighted by atomic mass is 32.1. The van der Waals surface area contributed by atoms with E-state index in [-0.39, 0.29) is 40.4 Å². The van der Waals surface area contributed by atoms with E-state index in [2.05, 4.69) is 32.8 Å². The van der Waals surface area contributed by atoms with E-state index in [1.165, 1.54) is 17.4 Å². The Morgan fingerprint density at radius 1 is 1.10 bits per heavy atom. The van der Waals surface area contributed by atoms with Crippen LogP contribution in [0.25, 0.3) is 32.1 Å². The van der Waals surface area contributed by atoms with E-state index in [1.54, 1.807) is 12.3 Å². The molecule has 7 rings (SSSR count). The van der Waals surface area contributed by atoms with Gasteiger partial charge in [-0.2, -0.15) is 5.26 Å². The number of nitrogen functional groups attached to an aromatic ring is 1. The van der Waals surface area contributed by atoms with E-state index in [4.69, 9.17) is 15.5 Å². The third kappa shape index (κ3) is 3.85. The van der Waals surface area contributed by atoms with Crippen LogP contribution >= 0.6 is 11.3 Å². The molecule has 2 N–H and O–H groups in total. The fourth-order valence-electron chi connectivity index (χ4n) is 6.27. The van der Waals surface area contributed by atoms with Crippen LogP contribution < -0.4 is 10.6 Å². The van der Waals surface area contributed by atoms with E-state index < -0.39 is 11.6 Å². The molecule has 0 radical (unpaired) electrons. The molecule has 1 atom stereocenters. The number of hydrogen-bond acceptors (Lipinski definition) is 9. The van der Waals surface area contributed by atoms with Crippen molar-refractivity contribution in [2.75, 3.05) is 56.9 Å². The molecule has 0 bridgehead atoms. The summed E-state index contributed by atoms with van der Waals surface area (Å²) in [6.07, 6.45) is 2.67. The van der Waals surface area contributed by atoms with E-state index in [1.807, 2.05) is 0 Å². The zero-order valence-electron chi connectivity index (χ0n) is 21.5. The summed E-state index contributed by atoms with van der Waals surface area (Å²) in [4.78, 5) is 16.3. The number of nitrogens with zero attached hydrogens (tertiary/aromatic N) is 6. The van der Waals surface area contributed by atoms with Gasteiger partial charge in [0, 0.05) is 78.1 Å². The highest BCUT2D eigenvalue weighted by Crippen LogP contribution is 2.46. The van der Waals surface area contributed by atoms with Crippen LogP contribution in [0.2, 0.25) is 0 Å². The Balaban J connectivity index is 1.35. The molecule has 39 heavy (non-hydrogen) atoms. The number of rotatable bonds is 3. The van der Waals surface area contributed by atoms with Crippen molar-refractivity contribution < 1.29 is 13.5 Å². The summed E-state index contributed by atoms with van der Waals surface area (Å²) < 4.78 is 38.5. The van der Waals surface area contributed by atoms with Crippen molar-refractivity contribution in [1.82, 2.24) is 19.8 Å². The first-order valence-corrected chi connectivity index (χ1v) is 13.9. The lowest BCUT2D eigenvalue weighted by Gasteiger charge is -2.36. The van der Waals surface area contributed by atoms with E-state index in [9.17, 15) is 5.26 Å². The summed E-state index contributed by atoms with van der Waals surface area (Å²) in [5, 5.41) is 11.0. The van der Waals surface area contributed by atoms with Crippen LogP contribution in [0.3, 0.4) is 0 Å². The topological polar surface area (TPSA) is 94.5 Å². The van der Waals surface area contributed by atoms with Crippen molar-refractivity contribution in [2.24, 2.45) is 0 Å². The summed E-state index contributed by atoms with van der Waals surface area (Å²) in [7, 11) is 2.15. The Labute approximate surface area is 228 Å². The van der Waals surface area contributed by atoms with Gasteiger partial charge in [0.05, 0.1) is 18.8 Å². The van der Waals surface area contributed by atoms with Crippen molar-refractivity contribution >= 4 is 43.3 Å². The number of piperazine rings is 1. The lowest BCUT2D eigenvalue weighted by atomic mass is 9.90. The molecule has 0 amide bonds. The van der Waals surface area contributed by atoms with Gasteiger partial charge in [0.2, 0.25) is 5.95 Å². The Bertz CT molecular complexity index is 1670. The van der Waals surface area contributed by atoms with Crippen molar-refractivity contribution in [1.29, 1.82) is 5.26 Å². The molecule has 0 unspecified atom stereocenters. The summed E-state index contributed by atoms with van der Waals surface area (Å²) in [6.45, 7) is 6.14. The zero-order chi connectivity index (χ0) is 26.8. The molecule has 2 saturated heterocycles. The van der Waals surface area contributed by atoms with Crippen molar-refractivity contribution in [2.45, 2.75) is 25.7 Å². The lowest BCUT2D eigenvalue weighted by molar-refractivity contribution is 0.120. The van der Waals surface area contributed by atoms with Crippen LogP contribution in [0.4, 0.5) is 19.7 Å². The van der Waals surface area contributed by atoms with Gasteiger partial charge in [0.25, 0.3) is 0 Å². The molecule has 3 aliphatic rings. The number of hydrogen-bond donors (Lipinski definition) is 1. The number of anilines is 2. The Morgan fingerprint density at radius 3 is 2.69 bits per heavy atom. The number of ether oxygens (including phenoxy) is 1. The molecule has 3 aliphatic heterocycles. The van der Waals surface area contributed by atoms with Crippen LogP contribution in [0.15, 0.2) is 18.3 Å². The highest BCUT2D eigenvalue weighted by Gasteiger charge is 2.33. The van der Waals surface area contributed by atoms with E-state index >= 15 is 8.78 Å². The second-order valence-electron chi connectivity index (χ2n) is 10.5. The summed E-state index contributed by atoms with van der Waals surface area (Å²) in [6, 6.07) is 5.37. The number of fused-ring (bicyclic) bond motifs is 4. The van der Waals surface area contributed by atoms with Gasteiger partial charge in [0.15, 0.2) is 5.82 Å². The highest BCUT2D eigenvalue weighted by molar-refractivity contribution is 7.23. The minimum atomic E-state index is -0.632. The van der Waals surface area contributed by atoms with Crippen LogP contribution in [0.1, 0.15) is 23.1 Å². The summed E-state index contributed by atoms with van der Waals surface area (Å²) in [5.74, 6) is -0.778. The predicted octanol–water partition coefficient (Wildman–Crippen LogP) is 4.10. The van der Waals surface area contributed by atoms with Crippen LogP contribution in [0.5, 0.6) is 0 Å². The fraction of sp³-hybridized carbons (Fsp3) is 0.393. The summed E-state index contributed by atoms with van der Waals surface area (Å²) in [5.41, 5.74) is 7.83. The molecule has 200 valence electrons. The van der Waals surface area contributed by atoms with Gasteiger partial charge in [-0.25, -0.2) is 18.7 Å². The third-order valence-electron chi connectivity index (χ3n) is 8.38. The van der Waals surface area contributed by atoms with E-state index in [0.717, 1.165) is 51.3 Å². The first kappa shape index (κ1) is 24.6. The number of nitrogens with two attached hydrogens (primary N) is 1. The molecular weight excluding hydrogens is 520 g/mol. The second kappa shape index (κ2) is 9.34. The maximum Gasteiger partial charge on any atom is 0.226 e. The van der Waals surface area contributed by atoms with Gasteiger partial charge in [0.1, 0.15) is 22.4 Å². The molecule has 0 aliphatic carbocycles. The molecule has 2 fully saturated rings. The number of nitriles is 1. The van der Waals surface area contributed by atoms with Crippen LogP contribution in [0, 0.1) is 23.0 Å². The standard InChI is InChI=1S/C28H27F2N7OS/c1-35-6-8-36(9-7-35)15-4-5-37(12-15)28-33-11-17-18-13-38-14-19(18)23(25(30)26(17)34-28)24-20(29)2-3-21-22(24)16(10-31)27(32)39-21/h2-3,11,15H,4-9,12-14,32H2,1H3/t15-/m1/s1. The average molecular weight is 548 g/mol. The van der Waals surface area contributed by atoms with E-state index in [0.29, 0.717) is 33.0 Å². The minimum Gasteiger partial charge on any atom is -0.389 e. The largest absolute Gasteiger partial charge is 0.389 e. The number of likely N-dealkylation sites (N-methyl/N-ethyl adjacent to an activating group) is 1. The van der Waals surface area contributed by atoms with Crippen molar-refractivity contribution in [3.8, 4) is 17.2 Å². The zero-order valence-corrected chi connectivity index (χ0v) is 22.3. The second-order valence-corrected chi connectivity index (χ2v) is 11.6. The number of aromatic nitrogens is 2. The molecule has 2 aromatic heterocycles. The van der Waals surface area contributed by atoms with Gasteiger partial charge in [-0.3, -0.25) is 4.90 Å². The molecule has 0 saturated carbocycles. The average Bonchev–Trinajstić information content (AvgIpc) is 3.69. The van der Waals surface area contributed by atoms with Crippen LogP contribution in [-0.2, 0) is 18.0 Å². The minimum absolute atomic E-state index is 0.0367. The molecule has 5 heterocycles. The quantitative estimate of drug-likeness (QED) is 0.410. The van der Waals surface area contributed by atoms with Gasteiger partial charge in [-0.15, -0.1) is 11.3 Å². The normalized spacial score (nSPS) is 20.3. The Morgan fingerprint density at radius 2 is 1.90 bits per heavy atom. The molecule has 4 aromatic rings. The predicted molar refractivity (Wildman–Crippen MR) is 148 cm³/mol. The smallest absolute Gasteiger partial charge is 0.226 e. The number of thiophene rings is 1. The number of halogens is 2. The fourth-order valence-corrected chi connectivity index (χ4v) is 7.19. The van der Waals surface area contributed by atoms with Gasteiger partial charge >= 0.3 is 0 Å². The first-order chi connectivity index (χ1) is 18.9. The molecule has 8 nitrogen and oxygen atoms in total. The number of benzene rings is 2. The molecular formula is C28H27F2N7OS. The SMILES string of the molecule is CN1CCN([C@@H]2CCN(c3ncc4c5c(c(-c6c(F)ccc7sc(N)c(C#N)c67)c(F)c4n3)COC5)C2)CC1. The third-order valence-corrected chi connectivity index (χ3v) is 9.37. The maximum absolute atomic E-state index is 16.6. The van der Waals surface area contributed by atoms with Gasteiger partial charge in [-0.05, 0) is 36.7 Å². The van der Waals surface area contributed by atoms with Gasteiger partial charge in [-0.1, -0.05) is 0 Å². The lowest BCUT2D eigenvalue weighted by Crippen LogP contribution is -2.49. The maximum atomic E-state index is 16.6. The molecule has 0 spiro atoms. The van der Waals surface area contributed by atoms with Crippen LogP contribution in [-0.4, -0.2) is 72.1 Å². The Kier molecular flexibility index (Phi) is 5.89.